The van der Waals surface area contributed by atoms with Crippen molar-refractivity contribution in [1.29, 1.82) is 0 Å². The molecule has 1 aliphatic carbocycles. The maximum atomic E-state index is 2.35. The Hall–Kier alpha value is -1.21. The first-order valence-corrected chi connectivity index (χ1v) is 6.41. The monoisotopic (exact) mass is 228 g/mol. The van der Waals surface area contributed by atoms with Gasteiger partial charge in [0.05, 0.1) is 0 Å². The van der Waals surface area contributed by atoms with Crippen molar-refractivity contribution in [3.8, 4) is 0 Å². The Kier molecular flexibility index (Phi) is 3.90. The first-order valence-electron chi connectivity index (χ1n) is 6.41. The predicted molar refractivity (Wildman–Crippen MR) is 74.3 cm³/mol. The Labute approximate surface area is 105 Å². The molecule has 1 heteroatoms. The van der Waals surface area contributed by atoms with Crippen LogP contribution in [-0.2, 0) is 0 Å². The van der Waals surface area contributed by atoms with Gasteiger partial charge in [-0.1, -0.05) is 37.1 Å². The van der Waals surface area contributed by atoms with Gasteiger partial charge in [-0.25, -0.2) is 6.07 Å². The van der Waals surface area contributed by atoms with Crippen LogP contribution in [0.5, 0.6) is 0 Å². The molecule has 0 saturated carbocycles. The van der Waals surface area contributed by atoms with Gasteiger partial charge in [0.15, 0.2) is 0 Å². The molecule has 0 amide bonds. The van der Waals surface area contributed by atoms with Crippen LogP contribution in [0.1, 0.15) is 24.8 Å². The zero-order chi connectivity index (χ0) is 12.3. The van der Waals surface area contributed by atoms with Crippen LogP contribution in [0.3, 0.4) is 0 Å². The van der Waals surface area contributed by atoms with Crippen molar-refractivity contribution in [2.75, 3.05) is 14.1 Å². The summed E-state index contributed by atoms with van der Waals surface area (Å²) < 4.78 is 0. The highest BCUT2D eigenvalue weighted by Crippen LogP contribution is 2.28. The molecule has 92 valence electrons. The van der Waals surface area contributed by atoms with Gasteiger partial charge in [0.1, 0.15) is 0 Å². The number of allylic oxidation sites excluding steroid dienone is 2. The zero-order valence-electron chi connectivity index (χ0n) is 11.0. The van der Waals surface area contributed by atoms with Crippen molar-refractivity contribution < 1.29 is 0 Å². The summed E-state index contributed by atoms with van der Waals surface area (Å²) in [5.41, 5.74) is 1.46. The first kappa shape index (κ1) is 12.3. The van der Waals surface area contributed by atoms with Crippen molar-refractivity contribution >= 4 is 0 Å². The fraction of sp³-hybridized carbons (Fsp3) is 0.438. The third-order valence-electron chi connectivity index (χ3n) is 3.74. The molecular weight excluding hydrogens is 206 g/mol. The summed E-state index contributed by atoms with van der Waals surface area (Å²) in [4.78, 5) is 2.35. The van der Waals surface area contributed by atoms with Crippen molar-refractivity contribution in [1.82, 2.24) is 4.90 Å². The summed E-state index contributed by atoms with van der Waals surface area (Å²) in [6.07, 6.45) is 10.1. The van der Waals surface area contributed by atoms with E-state index >= 15 is 0 Å². The molecule has 2 unspecified atom stereocenters. The zero-order valence-corrected chi connectivity index (χ0v) is 11.0. The van der Waals surface area contributed by atoms with Gasteiger partial charge in [-0.15, -0.1) is 0 Å². The maximum absolute atomic E-state index is 2.35. The molecule has 0 aromatic heterocycles. The van der Waals surface area contributed by atoms with Gasteiger partial charge in [-0.3, -0.25) is 0 Å². The average molecular weight is 228 g/mol. The van der Waals surface area contributed by atoms with Crippen LogP contribution in [0.25, 0.3) is 0 Å². The van der Waals surface area contributed by atoms with E-state index in [0.29, 0.717) is 17.9 Å². The molecule has 0 fully saturated rings. The van der Waals surface area contributed by atoms with Gasteiger partial charge in [0.2, 0.25) is 0 Å². The molecular formula is C16H22N-. The van der Waals surface area contributed by atoms with E-state index in [1.165, 1.54) is 12.0 Å². The first-order chi connectivity index (χ1) is 8.18. The van der Waals surface area contributed by atoms with E-state index in [9.17, 15) is 0 Å². The Morgan fingerprint density at radius 2 is 2.00 bits per heavy atom. The summed E-state index contributed by atoms with van der Waals surface area (Å²) in [7, 11) is 4.37. The predicted octanol–water partition coefficient (Wildman–Crippen LogP) is 3.57. The molecule has 17 heavy (non-hydrogen) atoms. The number of hydrogen-bond acceptors (Lipinski definition) is 1. The highest BCUT2D eigenvalue weighted by Gasteiger charge is 2.21. The van der Waals surface area contributed by atoms with Crippen LogP contribution in [-0.4, -0.2) is 25.0 Å². The molecule has 1 aliphatic rings. The van der Waals surface area contributed by atoms with Crippen molar-refractivity contribution in [2.45, 2.75) is 25.3 Å². The lowest BCUT2D eigenvalue weighted by Crippen LogP contribution is -2.34. The van der Waals surface area contributed by atoms with Crippen LogP contribution < -0.4 is 0 Å². The molecule has 0 bridgehead atoms. The quantitative estimate of drug-likeness (QED) is 0.696. The van der Waals surface area contributed by atoms with Crippen LogP contribution >= 0.6 is 0 Å². The fourth-order valence-electron chi connectivity index (χ4n) is 2.63. The van der Waals surface area contributed by atoms with E-state index in [2.05, 4.69) is 74.5 Å². The number of rotatable bonds is 5. The number of hydrogen-bond donors (Lipinski definition) is 0. The van der Waals surface area contributed by atoms with Crippen LogP contribution in [0.2, 0.25) is 0 Å². The van der Waals surface area contributed by atoms with Gasteiger partial charge < -0.3 is 4.90 Å². The molecule has 1 aromatic rings. The van der Waals surface area contributed by atoms with E-state index in [0.717, 1.165) is 0 Å². The normalized spacial score (nSPS) is 19.1. The van der Waals surface area contributed by atoms with E-state index in [-0.39, 0.29) is 0 Å². The van der Waals surface area contributed by atoms with Crippen LogP contribution in [0, 0.1) is 5.92 Å². The minimum absolute atomic E-state index is 0.572. The molecule has 2 atom stereocenters. The Bertz CT molecular complexity index is 372. The minimum atomic E-state index is 0.572. The summed E-state index contributed by atoms with van der Waals surface area (Å²) in [6, 6.07) is 9.32. The Balaban J connectivity index is 2.03. The van der Waals surface area contributed by atoms with Gasteiger partial charge in [-0.2, -0.15) is 23.8 Å². The topological polar surface area (TPSA) is 3.24 Å². The van der Waals surface area contributed by atoms with E-state index in [1.807, 2.05) is 0 Å². The average Bonchev–Trinajstić information content (AvgIpc) is 2.97. The third kappa shape index (κ3) is 2.92. The molecule has 0 spiro atoms. The summed E-state index contributed by atoms with van der Waals surface area (Å²) >= 11 is 0. The van der Waals surface area contributed by atoms with Gasteiger partial charge in [0.25, 0.3) is 0 Å². The summed E-state index contributed by atoms with van der Waals surface area (Å²) in [6.45, 7) is 2.33. The molecule has 0 N–H and O–H groups in total. The highest BCUT2D eigenvalue weighted by molar-refractivity contribution is 5.23. The van der Waals surface area contributed by atoms with Crippen LogP contribution in [0.15, 0.2) is 48.6 Å². The Morgan fingerprint density at radius 3 is 2.53 bits per heavy atom. The molecule has 1 aromatic carbocycles. The summed E-state index contributed by atoms with van der Waals surface area (Å²) in [5, 5.41) is 0. The Morgan fingerprint density at radius 1 is 1.29 bits per heavy atom. The highest BCUT2D eigenvalue weighted by atomic mass is 15.1. The summed E-state index contributed by atoms with van der Waals surface area (Å²) in [5.74, 6) is 1.20. The number of nitrogens with zero attached hydrogens (tertiary/aromatic N) is 1. The van der Waals surface area contributed by atoms with E-state index < -0.39 is 0 Å². The molecule has 0 heterocycles. The second-order valence-electron chi connectivity index (χ2n) is 5.23. The standard InChI is InChI=1S/C16H22N/c1-13(14-8-4-5-9-14)12-16(17(2)3)15-10-6-7-11-15/h4-11,13,15-16H,12H2,1-3H3/q-1. The lowest BCUT2D eigenvalue weighted by atomic mass is 9.88. The molecule has 0 aliphatic heterocycles. The van der Waals surface area contributed by atoms with Gasteiger partial charge >= 0.3 is 0 Å². The van der Waals surface area contributed by atoms with E-state index in [4.69, 9.17) is 0 Å². The molecule has 1 nitrogen and oxygen atoms in total. The minimum Gasteiger partial charge on any atom is -0.306 e. The van der Waals surface area contributed by atoms with Gasteiger partial charge in [0, 0.05) is 12.0 Å². The van der Waals surface area contributed by atoms with E-state index in [1.54, 1.807) is 0 Å². The van der Waals surface area contributed by atoms with Crippen molar-refractivity contribution in [3.05, 3.63) is 54.1 Å². The van der Waals surface area contributed by atoms with Crippen molar-refractivity contribution in [2.24, 2.45) is 5.92 Å². The fourth-order valence-corrected chi connectivity index (χ4v) is 2.63. The van der Waals surface area contributed by atoms with Gasteiger partial charge in [-0.05, 0) is 20.5 Å². The molecule has 0 saturated heterocycles. The largest absolute Gasteiger partial charge is 0.306 e. The maximum Gasteiger partial charge on any atom is 0.0182 e. The third-order valence-corrected chi connectivity index (χ3v) is 3.74. The molecule has 2 rings (SSSR count). The second kappa shape index (κ2) is 5.42. The lowest BCUT2D eigenvalue weighted by molar-refractivity contribution is 0.238. The SMILES string of the molecule is CC(CC(C1C=CC=C1)N(C)C)c1cc[cH-]c1. The molecule has 0 radical (unpaired) electrons. The van der Waals surface area contributed by atoms with Crippen LogP contribution in [0.4, 0.5) is 0 Å². The second-order valence-corrected chi connectivity index (χ2v) is 5.23. The smallest absolute Gasteiger partial charge is 0.0182 e. The lowest BCUT2D eigenvalue weighted by Gasteiger charge is -2.32. The van der Waals surface area contributed by atoms with Crippen molar-refractivity contribution in [3.63, 3.8) is 0 Å².